The van der Waals surface area contributed by atoms with Crippen molar-refractivity contribution in [1.82, 2.24) is 4.57 Å². The molecule has 0 unspecified atom stereocenters. The highest BCUT2D eigenvalue weighted by Crippen LogP contribution is 2.42. The molecular weight excluding hydrogens is 547 g/mol. The van der Waals surface area contributed by atoms with E-state index in [9.17, 15) is 23.6 Å². The van der Waals surface area contributed by atoms with Gasteiger partial charge in [0.25, 0.3) is 5.91 Å². The molecule has 0 atom stereocenters. The molecule has 222 valence electrons. The molecule has 8 heteroatoms. The van der Waals surface area contributed by atoms with Gasteiger partial charge in [-0.3, -0.25) is 19.2 Å². The maximum absolute atomic E-state index is 14.1. The van der Waals surface area contributed by atoms with Crippen LogP contribution in [-0.2, 0) is 25.7 Å². The number of hydrogen-bond acceptors (Lipinski definition) is 5. The van der Waals surface area contributed by atoms with Crippen LogP contribution in [0.2, 0.25) is 0 Å². The number of ketones is 2. The average Bonchev–Trinajstić information content (AvgIpc) is 3.33. The van der Waals surface area contributed by atoms with Crippen LogP contribution in [0, 0.1) is 5.82 Å². The molecule has 1 aromatic heterocycles. The SMILES string of the molecule is CCOC(=O)CC(=O)CC(=O)CCn1c(-c2ccc(F)cc2)c(-c2ccccc2)c(C(=O)Nc2ccccc2)c1C(C)C. The number of nitrogens with one attached hydrogen (secondary N) is 1. The molecule has 0 saturated carbocycles. The normalized spacial score (nSPS) is 10.9. The molecular formula is C35H35FN2O5. The third-order valence-corrected chi connectivity index (χ3v) is 6.94. The molecule has 0 bridgehead atoms. The second kappa shape index (κ2) is 14.4. The van der Waals surface area contributed by atoms with Crippen LogP contribution in [0.5, 0.6) is 0 Å². The Kier molecular flexibility index (Phi) is 10.4. The van der Waals surface area contributed by atoms with E-state index in [-0.39, 0.29) is 37.2 Å². The van der Waals surface area contributed by atoms with Crippen molar-refractivity contribution in [2.75, 3.05) is 11.9 Å². The fraction of sp³-hybridized carbons (Fsp3) is 0.257. The van der Waals surface area contributed by atoms with Crippen molar-refractivity contribution < 1.29 is 28.3 Å². The Hall–Kier alpha value is -4.85. The van der Waals surface area contributed by atoms with Gasteiger partial charge in [-0.1, -0.05) is 62.4 Å². The van der Waals surface area contributed by atoms with Crippen molar-refractivity contribution in [2.45, 2.75) is 52.5 Å². The predicted octanol–water partition coefficient (Wildman–Crippen LogP) is 7.21. The van der Waals surface area contributed by atoms with Gasteiger partial charge >= 0.3 is 5.97 Å². The molecule has 3 aromatic carbocycles. The summed E-state index contributed by atoms with van der Waals surface area (Å²) in [5.74, 6) is -2.36. The quantitative estimate of drug-likeness (QED) is 0.133. The van der Waals surface area contributed by atoms with Crippen molar-refractivity contribution in [3.05, 3.63) is 102 Å². The highest BCUT2D eigenvalue weighted by molar-refractivity contribution is 6.12. The molecule has 0 saturated heterocycles. The van der Waals surface area contributed by atoms with E-state index < -0.39 is 30.4 Å². The van der Waals surface area contributed by atoms with Crippen LogP contribution in [0.4, 0.5) is 10.1 Å². The lowest BCUT2D eigenvalue weighted by Crippen LogP contribution is -2.18. The minimum Gasteiger partial charge on any atom is -0.466 e. The maximum Gasteiger partial charge on any atom is 0.313 e. The summed E-state index contributed by atoms with van der Waals surface area (Å²) in [6, 6.07) is 24.6. The zero-order valence-electron chi connectivity index (χ0n) is 24.6. The Bertz CT molecular complexity index is 1590. The summed E-state index contributed by atoms with van der Waals surface area (Å²) >= 11 is 0. The Morgan fingerprint density at radius 1 is 0.814 bits per heavy atom. The van der Waals surface area contributed by atoms with Gasteiger partial charge in [-0.2, -0.15) is 0 Å². The summed E-state index contributed by atoms with van der Waals surface area (Å²) in [5, 5.41) is 3.02. The second-order valence-corrected chi connectivity index (χ2v) is 10.5. The number of benzene rings is 3. The summed E-state index contributed by atoms with van der Waals surface area (Å²) in [4.78, 5) is 51.1. The Morgan fingerprint density at radius 2 is 1.44 bits per heavy atom. The molecule has 0 aliphatic heterocycles. The topological polar surface area (TPSA) is 94.5 Å². The number of amides is 1. The lowest BCUT2D eigenvalue weighted by molar-refractivity contribution is -0.145. The predicted molar refractivity (Wildman–Crippen MR) is 164 cm³/mol. The first-order valence-corrected chi connectivity index (χ1v) is 14.3. The molecule has 0 aliphatic carbocycles. The van der Waals surface area contributed by atoms with E-state index in [0.29, 0.717) is 33.8 Å². The van der Waals surface area contributed by atoms with Crippen LogP contribution in [0.3, 0.4) is 0 Å². The summed E-state index contributed by atoms with van der Waals surface area (Å²) in [6.07, 6.45) is -0.857. The number of hydrogen-bond donors (Lipinski definition) is 1. The molecule has 4 rings (SSSR count). The molecule has 43 heavy (non-hydrogen) atoms. The van der Waals surface area contributed by atoms with Gasteiger partial charge < -0.3 is 14.6 Å². The van der Waals surface area contributed by atoms with E-state index in [1.807, 2.05) is 66.9 Å². The largest absolute Gasteiger partial charge is 0.466 e. The molecule has 1 amide bonds. The van der Waals surface area contributed by atoms with Crippen LogP contribution in [0.15, 0.2) is 84.9 Å². The van der Waals surface area contributed by atoms with E-state index in [2.05, 4.69) is 5.32 Å². The smallest absolute Gasteiger partial charge is 0.313 e. The van der Waals surface area contributed by atoms with E-state index in [1.165, 1.54) is 12.1 Å². The van der Waals surface area contributed by atoms with Gasteiger partial charge in [-0.05, 0) is 60.4 Å². The third kappa shape index (κ3) is 7.71. The number of Topliss-reactive ketones (excluding diaryl/α,β-unsaturated/α-hetero) is 2. The standard InChI is InChI=1S/C35H35FN2O5/c1-4-43-30(41)22-29(40)21-28(39)19-20-38-33(23(2)3)32(35(42)37-27-13-9-6-10-14-27)31(24-11-7-5-8-12-24)34(38)25-15-17-26(36)18-16-25/h5-18,23H,4,19-22H2,1-3H3,(H,37,42). The molecule has 0 spiro atoms. The number of nitrogens with zero attached hydrogens (tertiary/aromatic N) is 1. The molecule has 0 aliphatic rings. The fourth-order valence-corrected chi connectivity index (χ4v) is 5.19. The van der Waals surface area contributed by atoms with Crippen molar-refractivity contribution in [2.24, 2.45) is 0 Å². The van der Waals surface area contributed by atoms with Crippen LogP contribution in [0.1, 0.15) is 62.0 Å². The Morgan fingerprint density at radius 3 is 2.05 bits per heavy atom. The summed E-state index contributed by atoms with van der Waals surface area (Å²) < 4.78 is 20.8. The first kappa shape index (κ1) is 31.1. The highest BCUT2D eigenvalue weighted by atomic mass is 19.1. The first-order valence-electron chi connectivity index (χ1n) is 14.3. The molecule has 0 fully saturated rings. The number of carbonyl (C=O) groups is 4. The van der Waals surface area contributed by atoms with Gasteiger partial charge in [0.15, 0.2) is 5.78 Å². The number of halogens is 1. The van der Waals surface area contributed by atoms with E-state index in [4.69, 9.17) is 4.74 Å². The van der Waals surface area contributed by atoms with Gasteiger partial charge in [0, 0.05) is 29.9 Å². The Balaban J connectivity index is 1.84. The lowest BCUT2D eigenvalue weighted by Gasteiger charge is -2.17. The van der Waals surface area contributed by atoms with Gasteiger partial charge in [-0.15, -0.1) is 0 Å². The molecule has 1 N–H and O–H groups in total. The minimum absolute atomic E-state index is 0.00880. The third-order valence-electron chi connectivity index (χ3n) is 6.94. The highest BCUT2D eigenvalue weighted by Gasteiger charge is 2.31. The first-order chi connectivity index (χ1) is 20.7. The Labute approximate surface area is 250 Å². The number of para-hydroxylation sites is 1. The lowest BCUT2D eigenvalue weighted by atomic mass is 9.94. The van der Waals surface area contributed by atoms with Crippen LogP contribution >= 0.6 is 0 Å². The fourth-order valence-electron chi connectivity index (χ4n) is 5.19. The molecule has 7 nitrogen and oxygen atoms in total. The van der Waals surface area contributed by atoms with Crippen LogP contribution < -0.4 is 5.32 Å². The van der Waals surface area contributed by atoms with Crippen LogP contribution in [0.25, 0.3) is 22.4 Å². The summed E-state index contributed by atoms with van der Waals surface area (Å²) in [6.45, 7) is 5.91. The van der Waals surface area contributed by atoms with Gasteiger partial charge in [-0.25, -0.2) is 4.39 Å². The van der Waals surface area contributed by atoms with Crippen molar-refractivity contribution in [1.29, 1.82) is 0 Å². The number of rotatable bonds is 13. The van der Waals surface area contributed by atoms with Crippen molar-refractivity contribution in [3.63, 3.8) is 0 Å². The number of ether oxygens (including phenoxy) is 1. The number of anilines is 1. The van der Waals surface area contributed by atoms with Gasteiger partial charge in [0.05, 0.1) is 24.3 Å². The number of aromatic nitrogens is 1. The average molecular weight is 583 g/mol. The number of esters is 1. The molecule has 0 radical (unpaired) electrons. The van der Waals surface area contributed by atoms with Crippen LogP contribution in [-0.4, -0.2) is 34.6 Å². The van der Waals surface area contributed by atoms with Gasteiger partial charge in [0.2, 0.25) is 0 Å². The monoisotopic (exact) mass is 582 g/mol. The summed E-state index contributed by atoms with van der Waals surface area (Å²) in [7, 11) is 0. The van der Waals surface area contributed by atoms with Gasteiger partial charge in [0.1, 0.15) is 18.0 Å². The van der Waals surface area contributed by atoms with Crippen molar-refractivity contribution >= 4 is 29.1 Å². The maximum atomic E-state index is 14.1. The zero-order valence-corrected chi connectivity index (χ0v) is 24.6. The number of carbonyl (C=O) groups excluding carboxylic acids is 4. The van der Waals surface area contributed by atoms with E-state index >= 15 is 0 Å². The second-order valence-electron chi connectivity index (χ2n) is 10.5. The van der Waals surface area contributed by atoms with Crippen molar-refractivity contribution in [3.8, 4) is 22.4 Å². The molecule has 4 aromatic rings. The van der Waals surface area contributed by atoms with E-state index in [1.54, 1.807) is 31.2 Å². The minimum atomic E-state index is -0.659. The van der Waals surface area contributed by atoms with E-state index in [0.717, 1.165) is 5.56 Å². The summed E-state index contributed by atoms with van der Waals surface area (Å²) in [5.41, 5.74) is 4.58. The molecule has 1 heterocycles. The zero-order chi connectivity index (χ0) is 30.9.